The standard InChI is InChI=1S/C46H37NO30S/c1-9(48)47-14(38(61)62)8-78-37(39(63)64)25-24-23-13(6-19(53)29(57)34(23)74-45(70)32(24)60)43(68)76-36-35-33(73-44(25)69)20(72-46(36)77-40(65)10-2-15(49)26(54)16(50)3-10)7-71-41(66)11-4-17(51)27(55)30(58)21(11)22-12(42(67)75-35)5-18(52)28(56)31(22)59/h2-6,14,20,24-25,32-33,35-37,46,49-60H,7-8H2,1H3,(H,47,48)(H,61,62)(H,63,64)/t14?,20-,24-,25-,32+,33-,35+,36-,37+,46+/m1/s1. The first-order valence-electron chi connectivity index (χ1n) is 21.9. The molecule has 10 atom stereocenters. The lowest BCUT2D eigenvalue weighted by Crippen LogP contribution is -2.63. The number of aliphatic carboxylic acids is 2. The Morgan fingerprint density at radius 2 is 1.17 bits per heavy atom. The first-order valence-corrected chi connectivity index (χ1v) is 23.0. The number of phenols is 11. The number of hydrogen-bond donors (Lipinski definition) is 15. The van der Waals surface area contributed by atoms with Crippen molar-refractivity contribution in [3.05, 3.63) is 58.1 Å². The molecule has 4 aliphatic rings. The van der Waals surface area contributed by atoms with E-state index in [1.807, 2.05) is 5.32 Å². The van der Waals surface area contributed by atoms with Gasteiger partial charge < -0.3 is 110 Å². The summed E-state index contributed by atoms with van der Waals surface area (Å²) in [5.41, 5.74) is -7.72. The molecule has 412 valence electrons. The summed E-state index contributed by atoms with van der Waals surface area (Å²) in [7, 11) is 0. The first kappa shape index (κ1) is 54.4. The number of fused-ring (bicyclic) bond motifs is 3. The van der Waals surface area contributed by atoms with Crippen LogP contribution >= 0.6 is 11.8 Å². The number of hydrogen-bond acceptors (Lipinski definition) is 29. The number of thioether (sulfide) groups is 1. The van der Waals surface area contributed by atoms with Crippen LogP contribution in [0.15, 0.2) is 30.3 Å². The van der Waals surface area contributed by atoms with Crippen molar-refractivity contribution in [2.75, 3.05) is 12.4 Å². The van der Waals surface area contributed by atoms with Gasteiger partial charge >= 0.3 is 47.8 Å². The molecule has 0 saturated carbocycles. The zero-order valence-electron chi connectivity index (χ0n) is 38.8. The molecule has 1 unspecified atom stereocenters. The minimum Gasteiger partial charge on any atom is -0.504 e. The summed E-state index contributed by atoms with van der Waals surface area (Å²) in [6.07, 6.45) is -15.9. The third-order valence-corrected chi connectivity index (χ3v) is 13.8. The van der Waals surface area contributed by atoms with Crippen LogP contribution in [0.1, 0.15) is 59.8 Å². The summed E-state index contributed by atoms with van der Waals surface area (Å²) in [4.78, 5) is 124. The molecule has 1 saturated heterocycles. The zero-order valence-corrected chi connectivity index (χ0v) is 39.6. The van der Waals surface area contributed by atoms with Crippen LogP contribution in [0, 0.1) is 5.92 Å². The average molecular weight is 1120 g/mol. The van der Waals surface area contributed by atoms with Crippen molar-refractivity contribution in [2.45, 2.75) is 60.9 Å². The van der Waals surface area contributed by atoms with Crippen LogP contribution in [-0.4, -0.2) is 186 Å². The Labute approximate surface area is 435 Å². The van der Waals surface area contributed by atoms with Crippen LogP contribution in [0.25, 0.3) is 11.1 Å². The number of phenolic OH excluding ortho intramolecular Hbond substituents is 11. The first-order chi connectivity index (χ1) is 36.6. The van der Waals surface area contributed by atoms with E-state index >= 15 is 4.79 Å². The van der Waals surface area contributed by atoms with Gasteiger partial charge in [-0.2, -0.15) is 0 Å². The molecule has 4 heterocycles. The summed E-state index contributed by atoms with van der Waals surface area (Å²) in [5.74, 6) is -38.1. The maximum absolute atomic E-state index is 15.3. The number of cyclic esters (lactones) is 1. The third kappa shape index (κ3) is 9.48. The van der Waals surface area contributed by atoms with Crippen molar-refractivity contribution >= 4 is 65.4 Å². The molecular formula is C46H37NO30S. The SMILES string of the molecule is CC(=O)NC(CS[C@H](C(=O)O)[C@@H]1C(=O)O[C@H]2[C@@H]3OC(=O)c4cc(O)c(O)c(O)c4-c4c(cc(O)c(O)c4O)C(=O)OC[C@H]2O[C@@H](OC(=O)c2cc(O)c(O)c(O)c2)[C@@H]3OC(=O)c2cc(O)c(O)c3c2[C@H]1[C@H](O)C(=O)O3)C(=O)O. The molecule has 0 aliphatic carbocycles. The van der Waals surface area contributed by atoms with Crippen molar-refractivity contribution in [1.82, 2.24) is 5.32 Å². The largest absolute Gasteiger partial charge is 0.504 e. The van der Waals surface area contributed by atoms with E-state index in [-0.39, 0.29) is 11.8 Å². The Kier molecular flexibility index (Phi) is 14.2. The van der Waals surface area contributed by atoms with Crippen LogP contribution in [-0.2, 0) is 52.4 Å². The van der Waals surface area contributed by atoms with Gasteiger partial charge in [-0.3, -0.25) is 14.4 Å². The summed E-state index contributed by atoms with van der Waals surface area (Å²) in [5, 5.41) is 149. The number of benzene rings is 4. The van der Waals surface area contributed by atoms with Gasteiger partial charge in [0, 0.05) is 35.3 Å². The number of carbonyl (C=O) groups excluding carboxylic acids is 7. The van der Waals surface area contributed by atoms with Crippen molar-refractivity contribution in [3.63, 3.8) is 0 Å². The highest BCUT2D eigenvalue weighted by molar-refractivity contribution is 8.00. The number of esters is 6. The fraction of sp³-hybridized carbons (Fsp3) is 0.283. The van der Waals surface area contributed by atoms with Crippen molar-refractivity contribution in [1.29, 1.82) is 0 Å². The van der Waals surface area contributed by atoms with Crippen LogP contribution < -0.4 is 10.1 Å². The van der Waals surface area contributed by atoms with Gasteiger partial charge in [-0.25, -0.2) is 28.8 Å². The number of nitrogens with one attached hydrogen (secondary N) is 1. The lowest BCUT2D eigenvalue weighted by Gasteiger charge is -2.44. The van der Waals surface area contributed by atoms with Crippen LogP contribution in [0.2, 0.25) is 0 Å². The zero-order chi connectivity index (χ0) is 57.3. The maximum atomic E-state index is 15.3. The van der Waals surface area contributed by atoms with E-state index < -0.39 is 234 Å². The Bertz CT molecular complexity index is 3280. The maximum Gasteiger partial charge on any atom is 0.341 e. The van der Waals surface area contributed by atoms with Crippen LogP contribution in [0.3, 0.4) is 0 Å². The molecule has 8 rings (SSSR count). The second-order valence-electron chi connectivity index (χ2n) is 17.2. The van der Waals surface area contributed by atoms with Crippen molar-refractivity contribution in [2.24, 2.45) is 5.92 Å². The fourth-order valence-corrected chi connectivity index (χ4v) is 10.1. The molecule has 31 nitrogen and oxygen atoms in total. The number of ether oxygens (including phenoxy) is 7. The van der Waals surface area contributed by atoms with Crippen molar-refractivity contribution < 1.29 is 148 Å². The fourth-order valence-electron chi connectivity index (χ4n) is 8.84. The predicted octanol–water partition coefficient (Wildman–Crippen LogP) is -0.701. The van der Waals surface area contributed by atoms with Gasteiger partial charge in [-0.1, -0.05) is 0 Å². The Morgan fingerprint density at radius 3 is 1.73 bits per heavy atom. The monoisotopic (exact) mass is 1120 g/mol. The molecule has 4 aromatic carbocycles. The number of aliphatic hydroxyl groups is 1. The van der Waals surface area contributed by atoms with E-state index in [0.717, 1.165) is 6.92 Å². The molecule has 4 aliphatic heterocycles. The molecule has 4 bridgehead atoms. The normalized spacial score (nSPS) is 23.4. The van der Waals surface area contributed by atoms with E-state index in [2.05, 4.69) is 0 Å². The molecule has 15 N–H and O–H groups in total. The summed E-state index contributed by atoms with van der Waals surface area (Å²) in [6.45, 7) is -0.537. The van der Waals surface area contributed by atoms with Crippen LogP contribution in [0.5, 0.6) is 69.0 Å². The van der Waals surface area contributed by atoms with Gasteiger partial charge in [0.2, 0.25) is 35.5 Å². The highest BCUT2D eigenvalue weighted by Crippen LogP contribution is 2.55. The summed E-state index contributed by atoms with van der Waals surface area (Å²) < 4.78 is 39.3. The molecular weight excluding hydrogens is 1080 g/mol. The summed E-state index contributed by atoms with van der Waals surface area (Å²) in [6, 6.07) is 0.165. The number of carboxylic acid groups (broad SMARTS) is 2. The number of aliphatic hydroxyl groups excluding tert-OH is 1. The number of aromatic hydroxyl groups is 11. The average Bonchev–Trinajstić information content (AvgIpc) is 3.62. The molecule has 0 radical (unpaired) electrons. The molecule has 78 heavy (non-hydrogen) atoms. The molecule has 32 heteroatoms. The second-order valence-corrected chi connectivity index (χ2v) is 18.4. The smallest absolute Gasteiger partial charge is 0.341 e. The lowest BCUT2D eigenvalue weighted by molar-refractivity contribution is -0.287. The molecule has 0 spiro atoms. The minimum absolute atomic E-state index is 0.0432. The minimum atomic E-state index is -2.80. The molecule has 4 aromatic rings. The topological polar surface area (TPSA) is 513 Å². The quantitative estimate of drug-likeness (QED) is 0.0426. The van der Waals surface area contributed by atoms with E-state index in [1.165, 1.54) is 0 Å². The van der Waals surface area contributed by atoms with Gasteiger partial charge in [0.25, 0.3) is 0 Å². The number of rotatable bonds is 9. The number of carboxylic acids is 2. The van der Waals surface area contributed by atoms with Crippen molar-refractivity contribution in [3.8, 4) is 80.1 Å². The van der Waals surface area contributed by atoms with E-state index in [1.54, 1.807) is 0 Å². The Hall–Kier alpha value is -9.82. The van der Waals surface area contributed by atoms with Gasteiger partial charge in [0.1, 0.15) is 24.0 Å². The highest BCUT2D eigenvalue weighted by Gasteiger charge is 2.59. The van der Waals surface area contributed by atoms with Crippen LogP contribution in [0.4, 0.5) is 0 Å². The van der Waals surface area contributed by atoms with Gasteiger partial charge in [0.15, 0.2) is 70.1 Å². The lowest BCUT2D eigenvalue weighted by atomic mass is 9.76. The number of carbonyl (C=O) groups is 9. The molecule has 1 amide bonds. The third-order valence-electron chi connectivity index (χ3n) is 12.4. The Morgan fingerprint density at radius 1 is 0.641 bits per heavy atom. The van der Waals surface area contributed by atoms with E-state index in [0.29, 0.717) is 30.3 Å². The van der Waals surface area contributed by atoms with Gasteiger partial charge in [-0.05, 0) is 30.3 Å². The predicted molar refractivity (Wildman–Crippen MR) is 243 cm³/mol. The van der Waals surface area contributed by atoms with Gasteiger partial charge in [-0.15, -0.1) is 11.8 Å². The van der Waals surface area contributed by atoms with E-state index in [4.69, 9.17) is 33.2 Å². The second kappa shape index (κ2) is 20.4. The molecule has 0 aromatic heterocycles. The van der Waals surface area contributed by atoms with E-state index in [9.17, 15) is 110 Å². The highest BCUT2D eigenvalue weighted by atomic mass is 32.2. The van der Waals surface area contributed by atoms with Gasteiger partial charge in [0.05, 0.1) is 28.2 Å². The Balaban J connectivity index is 1.40. The molecule has 1 fully saturated rings. The summed E-state index contributed by atoms with van der Waals surface area (Å²) >= 11 is 0.0432. The number of amides is 1.